The van der Waals surface area contributed by atoms with Gasteiger partial charge in [-0.25, -0.2) is 0 Å². The molecule has 10 heavy (non-hydrogen) atoms. The van der Waals surface area contributed by atoms with E-state index in [4.69, 9.17) is 0 Å². The molecule has 0 atom stereocenters. The molecule has 0 bridgehead atoms. The molecule has 0 radical (unpaired) electrons. The molecule has 0 amide bonds. The predicted molar refractivity (Wildman–Crippen MR) is 31.9 cm³/mol. The monoisotopic (exact) mass is 474 g/mol. The molecule has 0 aromatic carbocycles. The van der Waals surface area contributed by atoms with E-state index < -0.39 is 25.3 Å². The summed E-state index contributed by atoms with van der Waals surface area (Å²) >= 11 is -4.73. The van der Waals surface area contributed by atoms with E-state index in [9.17, 15) is 26.3 Å². The van der Waals surface area contributed by atoms with Crippen LogP contribution in [-0.2, 0) is 0 Å². The van der Waals surface area contributed by atoms with Crippen LogP contribution in [-0.4, -0.2) is 25.3 Å². The van der Waals surface area contributed by atoms with Crippen LogP contribution < -0.4 is 0 Å². The maximum absolute atomic E-state index is 11.3. The van der Waals surface area contributed by atoms with Gasteiger partial charge in [0, 0.05) is 0 Å². The van der Waals surface area contributed by atoms with Crippen molar-refractivity contribution in [1.82, 2.24) is 0 Å². The average molecular weight is 474 g/mol. The van der Waals surface area contributed by atoms with E-state index >= 15 is 0 Å². The molecule has 0 unspecified atom stereocenters. The van der Waals surface area contributed by atoms with Gasteiger partial charge in [-0.2, -0.15) is 0 Å². The Morgan fingerprint density at radius 2 is 1.00 bits per heavy atom. The van der Waals surface area contributed by atoms with Crippen molar-refractivity contribution in [3.8, 4) is 0 Å². The quantitative estimate of drug-likeness (QED) is 0.288. The molecule has 0 N–H and O–H groups in total. The molecule has 0 nitrogen and oxygen atoms in total. The van der Waals surface area contributed by atoms with E-state index in [1.165, 1.54) is 0 Å². The van der Waals surface area contributed by atoms with Crippen LogP contribution in [0.3, 0.4) is 0 Å². The first kappa shape index (κ1) is 11.2. The SMILES string of the molecule is F[C](F)(F)[Bi]([I])[C](F)(F)F. The van der Waals surface area contributed by atoms with E-state index in [0.717, 1.165) is 0 Å². The molecule has 0 rings (SSSR count). The van der Waals surface area contributed by atoms with Gasteiger partial charge in [0.25, 0.3) is 0 Å². The van der Waals surface area contributed by atoms with Crippen molar-refractivity contribution in [3.63, 3.8) is 0 Å². The van der Waals surface area contributed by atoms with Gasteiger partial charge in [0.15, 0.2) is 0 Å². The summed E-state index contributed by atoms with van der Waals surface area (Å²) in [7, 11) is 0. The van der Waals surface area contributed by atoms with Crippen LogP contribution in [0, 0.1) is 0 Å². The Kier molecular flexibility index (Phi) is 3.68. The van der Waals surface area contributed by atoms with Crippen molar-refractivity contribution in [2.75, 3.05) is 0 Å². The van der Waals surface area contributed by atoms with Gasteiger partial charge in [-0.1, -0.05) is 0 Å². The van der Waals surface area contributed by atoms with E-state index in [2.05, 4.69) is 0 Å². The van der Waals surface area contributed by atoms with Gasteiger partial charge < -0.3 is 0 Å². The van der Waals surface area contributed by atoms with Crippen molar-refractivity contribution in [2.24, 2.45) is 0 Å². The zero-order chi connectivity index (χ0) is 8.58. The first-order valence-electron chi connectivity index (χ1n) is 1.75. The first-order valence-corrected chi connectivity index (χ1v) is 15.0. The molecule has 0 spiro atoms. The van der Waals surface area contributed by atoms with Crippen LogP contribution in [0.2, 0.25) is 0 Å². The van der Waals surface area contributed by atoms with Crippen LogP contribution in [0.4, 0.5) is 26.3 Å². The Hall–Kier alpha value is 1.19. The van der Waals surface area contributed by atoms with Gasteiger partial charge in [0.1, 0.15) is 0 Å². The normalized spacial score (nSPS) is 14.4. The molecule has 0 heterocycles. The molecular weight excluding hydrogens is 474 g/mol. The zero-order valence-corrected chi connectivity index (χ0v) is 9.73. The Morgan fingerprint density at radius 1 is 0.800 bits per heavy atom. The third-order valence-corrected chi connectivity index (χ3v) is 13.5. The molecule has 0 aliphatic carbocycles. The Labute approximate surface area is 69.3 Å². The van der Waals surface area contributed by atoms with Crippen molar-refractivity contribution < 1.29 is 26.3 Å². The number of hydrogen-bond acceptors (Lipinski definition) is 0. The fraction of sp³-hybridized carbons (Fsp3) is 1.00. The number of alkyl halides is 6. The van der Waals surface area contributed by atoms with Crippen molar-refractivity contribution >= 4 is 35.6 Å². The third kappa shape index (κ3) is 3.55. The van der Waals surface area contributed by atoms with Crippen LogP contribution in [0.15, 0.2) is 0 Å². The van der Waals surface area contributed by atoms with Gasteiger partial charge in [-0.15, -0.1) is 0 Å². The van der Waals surface area contributed by atoms with E-state index in [-0.39, 0.29) is 0 Å². The summed E-state index contributed by atoms with van der Waals surface area (Å²) in [6.45, 7) is 0. The summed E-state index contributed by atoms with van der Waals surface area (Å²) in [4.78, 5) is 0. The van der Waals surface area contributed by atoms with E-state index in [1.54, 1.807) is 0 Å². The fourth-order valence-electron chi connectivity index (χ4n) is 0.144. The van der Waals surface area contributed by atoms with Crippen LogP contribution in [0.25, 0.3) is 0 Å². The topological polar surface area (TPSA) is 0 Å². The molecule has 0 aliphatic rings. The Bertz CT molecular complexity index is 99.9. The zero-order valence-electron chi connectivity index (χ0n) is 4.09. The van der Waals surface area contributed by atoms with Gasteiger partial charge in [-0.05, 0) is 0 Å². The van der Waals surface area contributed by atoms with Gasteiger partial charge in [0.05, 0.1) is 0 Å². The summed E-state index contributed by atoms with van der Waals surface area (Å²) in [6.07, 6.45) is 0. The average Bonchev–Trinajstić information content (AvgIpc) is 1.59. The first-order chi connectivity index (χ1) is 4.15. The molecule has 0 saturated carbocycles. The number of halogens is 7. The molecule has 0 fully saturated rings. The second-order valence-corrected chi connectivity index (χ2v) is 15.8. The van der Waals surface area contributed by atoms with Gasteiger partial charge >= 0.3 is 69.7 Å². The molecular formula is C2BiF6I. The molecule has 0 aromatic rings. The van der Waals surface area contributed by atoms with Gasteiger partial charge in [0.2, 0.25) is 0 Å². The van der Waals surface area contributed by atoms with Crippen LogP contribution in [0.5, 0.6) is 0 Å². The predicted octanol–water partition coefficient (Wildman–Crippen LogP) is 2.62. The van der Waals surface area contributed by atoms with Crippen LogP contribution in [0.1, 0.15) is 0 Å². The maximum atomic E-state index is 11.3. The number of hydrogen-bond donors (Lipinski definition) is 0. The molecule has 0 saturated heterocycles. The summed E-state index contributed by atoms with van der Waals surface area (Å²) < 4.78 is 57.9. The third-order valence-electron chi connectivity index (χ3n) is 0.445. The minimum absolute atomic E-state index is 0.509. The van der Waals surface area contributed by atoms with E-state index in [0.29, 0.717) is 18.0 Å². The van der Waals surface area contributed by atoms with Crippen molar-refractivity contribution in [2.45, 2.75) is 7.77 Å². The summed E-state index contributed by atoms with van der Waals surface area (Å²) in [6, 6.07) is 0. The van der Waals surface area contributed by atoms with Crippen molar-refractivity contribution in [1.29, 1.82) is 0 Å². The standard InChI is InChI=1S/2CF3.Bi.HI/c2*2-1(3)4;;/h;;;1H/q;;+1;/p-1. The molecule has 0 aromatic heterocycles. The Balaban J connectivity index is 4.23. The molecule has 8 heteroatoms. The summed E-state index contributed by atoms with van der Waals surface area (Å²) in [5.74, 6) is 0. The summed E-state index contributed by atoms with van der Waals surface area (Å²) in [5.41, 5.74) is 0. The van der Waals surface area contributed by atoms with E-state index in [1.807, 2.05) is 0 Å². The molecule has 0 aliphatic heterocycles. The summed E-state index contributed by atoms with van der Waals surface area (Å²) in [5, 5.41) is 0. The van der Waals surface area contributed by atoms with Crippen LogP contribution >= 0.6 is 18.0 Å². The second-order valence-electron chi connectivity index (χ2n) is 1.22. The minimum atomic E-state index is -5.24. The number of rotatable bonds is 0. The van der Waals surface area contributed by atoms with Gasteiger partial charge in [-0.3, -0.25) is 0 Å². The van der Waals surface area contributed by atoms with Crippen molar-refractivity contribution in [3.05, 3.63) is 0 Å². The fourth-order valence-corrected chi connectivity index (χ4v) is 1.26. The molecule has 62 valence electrons. The Morgan fingerprint density at radius 3 is 1.00 bits per heavy atom. The second kappa shape index (κ2) is 3.29.